The van der Waals surface area contributed by atoms with E-state index in [4.69, 9.17) is 0 Å². The average Bonchev–Trinajstić information content (AvgIpc) is 3.14. The zero-order valence-electron chi connectivity index (χ0n) is 11.9. The Labute approximate surface area is 118 Å². The van der Waals surface area contributed by atoms with E-state index in [2.05, 4.69) is 10.4 Å². The van der Waals surface area contributed by atoms with Gasteiger partial charge in [0.05, 0.1) is 24.8 Å². The van der Waals surface area contributed by atoms with Crippen molar-refractivity contribution in [1.82, 2.24) is 15.1 Å². The maximum Gasteiger partial charge on any atom is 0.272 e. The van der Waals surface area contributed by atoms with Gasteiger partial charge in [-0.3, -0.25) is 9.48 Å². The van der Waals surface area contributed by atoms with E-state index in [1.165, 1.54) is 12.8 Å². The minimum atomic E-state index is -0.978. The smallest absolute Gasteiger partial charge is 0.272 e. The first-order valence-corrected chi connectivity index (χ1v) is 7.23. The van der Waals surface area contributed by atoms with Gasteiger partial charge in [-0.2, -0.15) is 5.10 Å². The van der Waals surface area contributed by atoms with Crippen LogP contribution in [0.2, 0.25) is 0 Å². The number of nitrogens with zero attached hydrogens (tertiary/aromatic N) is 2. The van der Waals surface area contributed by atoms with E-state index in [1.54, 1.807) is 6.07 Å². The molecule has 1 aliphatic carbocycles. The Morgan fingerprint density at radius 3 is 2.65 bits per heavy atom. The third kappa shape index (κ3) is 3.02. The summed E-state index contributed by atoms with van der Waals surface area (Å²) in [7, 11) is 0. The fourth-order valence-corrected chi connectivity index (χ4v) is 2.58. The topological polar surface area (TPSA) is 87.4 Å². The molecule has 0 aliphatic heterocycles. The SMILES string of the molecule is CCC(CO)(CO)NC(=O)c1ccn(C2CCCC2)n1. The second-order valence-electron chi connectivity index (χ2n) is 5.52. The van der Waals surface area contributed by atoms with Crippen LogP contribution in [0.15, 0.2) is 12.3 Å². The summed E-state index contributed by atoms with van der Waals surface area (Å²) in [6.45, 7) is 1.22. The monoisotopic (exact) mass is 281 g/mol. The number of aliphatic hydroxyl groups is 2. The van der Waals surface area contributed by atoms with E-state index in [0.29, 0.717) is 18.2 Å². The molecule has 0 radical (unpaired) electrons. The second kappa shape index (κ2) is 6.37. The molecule has 1 aromatic rings. The predicted molar refractivity (Wildman–Crippen MR) is 74.4 cm³/mol. The number of carbonyl (C=O) groups is 1. The standard InChI is InChI=1S/C14H23N3O3/c1-2-14(9-18,10-19)15-13(20)12-7-8-17(16-12)11-5-3-4-6-11/h7-8,11,18-19H,2-6,9-10H2,1H3,(H,15,20). The van der Waals surface area contributed by atoms with Crippen LogP contribution in [0.3, 0.4) is 0 Å². The van der Waals surface area contributed by atoms with Gasteiger partial charge >= 0.3 is 0 Å². The minimum absolute atomic E-state index is 0.297. The molecule has 1 saturated carbocycles. The lowest BCUT2D eigenvalue weighted by Gasteiger charge is -2.29. The Hall–Kier alpha value is -1.40. The number of carbonyl (C=O) groups excluding carboxylic acids is 1. The summed E-state index contributed by atoms with van der Waals surface area (Å²) < 4.78 is 1.85. The largest absolute Gasteiger partial charge is 0.394 e. The molecule has 1 fully saturated rings. The third-order valence-electron chi connectivity index (χ3n) is 4.20. The van der Waals surface area contributed by atoms with Crippen LogP contribution in [0.25, 0.3) is 0 Å². The van der Waals surface area contributed by atoms with Crippen molar-refractivity contribution in [3.05, 3.63) is 18.0 Å². The zero-order chi connectivity index (χ0) is 14.6. The summed E-state index contributed by atoms with van der Waals surface area (Å²) >= 11 is 0. The van der Waals surface area contributed by atoms with Crippen molar-refractivity contribution in [3.8, 4) is 0 Å². The molecule has 6 nitrogen and oxygen atoms in total. The maximum absolute atomic E-state index is 12.2. The lowest BCUT2D eigenvalue weighted by atomic mass is 9.98. The maximum atomic E-state index is 12.2. The van der Waals surface area contributed by atoms with E-state index >= 15 is 0 Å². The van der Waals surface area contributed by atoms with Crippen molar-refractivity contribution in [1.29, 1.82) is 0 Å². The van der Waals surface area contributed by atoms with Crippen molar-refractivity contribution >= 4 is 5.91 Å². The molecule has 0 atom stereocenters. The molecule has 1 amide bonds. The number of hydrogen-bond acceptors (Lipinski definition) is 4. The number of aromatic nitrogens is 2. The molecule has 0 saturated heterocycles. The van der Waals surface area contributed by atoms with Crippen LogP contribution in [0, 0.1) is 0 Å². The average molecular weight is 281 g/mol. The van der Waals surface area contributed by atoms with Crippen LogP contribution in [-0.2, 0) is 0 Å². The Balaban J connectivity index is 2.05. The molecular weight excluding hydrogens is 258 g/mol. The van der Waals surface area contributed by atoms with Gasteiger partial charge in [0, 0.05) is 6.20 Å². The first-order chi connectivity index (χ1) is 9.64. The van der Waals surface area contributed by atoms with Gasteiger partial charge in [-0.05, 0) is 25.3 Å². The van der Waals surface area contributed by atoms with E-state index in [0.717, 1.165) is 12.8 Å². The van der Waals surface area contributed by atoms with Crippen LogP contribution < -0.4 is 5.32 Å². The van der Waals surface area contributed by atoms with Crippen molar-refractivity contribution in [2.45, 2.75) is 50.6 Å². The van der Waals surface area contributed by atoms with Crippen LogP contribution in [0.4, 0.5) is 0 Å². The molecule has 112 valence electrons. The number of nitrogens with one attached hydrogen (secondary N) is 1. The summed E-state index contributed by atoms with van der Waals surface area (Å²) in [6, 6.07) is 2.08. The third-order valence-corrected chi connectivity index (χ3v) is 4.20. The fraction of sp³-hybridized carbons (Fsp3) is 0.714. The lowest BCUT2D eigenvalue weighted by Crippen LogP contribution is -2.53. The van der Waals surface area contributed by atoms with Crippen LogP contribution in [0.1, 0.15) is 55.6 Å². The predicted octanol–water partition coefficient (Wildman–Crippen LogP) is 0.861. The Morgan fingerprint density at radius 2 is 2.10 bits per heavy atom. The highest BCUT2D eigenvalue weighted by atomic mass is 16.3. The van der Waals surface area contributed by atoms with Gasteiger partial charge < -0.3 is 15.5 Å². The summed E-state index contributed by atoms with van der Waals surface area (Å²) in [5.74, 6) is -0.355. The molecule has 20 heavy (non-hydrogen) atoms. The van der Waals surface area contributed by atoms with E-state index in [1.807, 2.05) is 17.8 Å². The van der Waals surface area contributed by atoms with E-state index in [9.17, 15) is 15.0 Å². The molecule has 0 unspecified atom stereocenters. The van der Waals surface area contributed by atoms with Crippen LogP contribution >= 0.6 is 0 Å². The van der Waals surface area contributed by atoms with Crippen molar-refractivity contribution in [2.75, 3.05) is 13.2 Å². The van der Waals surface area contributed by atoms with Crippen molar-refractivity contribution in [3.63, 3.8) is 0 Å². The molecule has 0 aromatic carbocycles. The Morgan fingerprint density at radius 1 is 1.45 bits per heavy atom. The number of aliphatic hydroxyl groups excluding tert-OH is 2. The summed E-state index contributed by atoms with van der Waals surface area (Å²) in [4.78, 5) is 12.2. The second-order valence-corrected chi connectivity index (χ2v) is 5.52. The Bertz CT molecular complexity index is 440. The summed E-state index contributed by atoms with van der Waals surface area (Å²) in [5, 5.41) is 25.7. The molecule has 1 heterocycles. The van der Waals surface area contributed by atoms with Crippen molar-refractivity contribution < 1.29 is 15.0 Å². The van der Waals surface area contributed by atoms with E-state index in [-0.39, 0.29) is 19.1 Å². The molecule has 2 rings (SSSR count). The molecular formula is C14H23N3O3. The summed E-state index contributed by atoms with van der Waals surface area (Å²) in [6.07, 6.45) is 6.91. The lowest BCUT2D eigenvalue weighted by molar-refractivity contribution is 0.0648. The van der Waals surface area contributed by atoms with Gasteiger partial charge in [-0.15, -0.1) is 0 Å². The number of hydrogen-bond donors (Lipinski definition) is 3. The van der Waals surface area contributed by atoms with Gasteiger partial charge in [-0.25, -0.2) is 0 Å². The quantitative estimate of drug-likeness (QED) is 0.722. The van der Waals surface area contributed by atoms with Gasteiger partial charge in [0.2, 0.25) is 0 Å². The van der Waals surface area contributed by atoms with Crippen LogP contribution in [-0.4, -0.2) is 44.7 Å². The summed E-state index contributed by atoms with van der Waals surface area (Å²) in [5.41, 5.74) is -0.648. The fourth-order valence-electron chi connectivity index (χ4n) is 2.58. The molecule has 0 bridgehead atoms. The van der Waals surface area contributed by atoms with E-state index < -0.39 is 5.54 Å². The van der Waals surface area contributed by atoms with Gasteiger partial charge in [0.15, 0.2) is 0 Å². The molecule has 6 heteroatoms. The molecule has 1 aromatic heterocycles. The van der Waals surface area contributed by atoms with Gasteiger partial charge in [-0.1, -0.05) is 19.8 Å². The number of rotatable bonds is 6. The number of amides is 1. The first kappa shape index (κ1) is 15.0. The molecule has 1 aliphatic rings. The van der Waals surface area contributed by atoms with Crippen molar-refractivity contribution in [2.24, 2.45) is 0 Å². The zero-order valence-corrected chi connectivity index (χ0v) is 11.9. The molecule has 3 N–H and O–H groups in total. The highest BCUT2D eigenvalue weighted by Crippen LogP contribution is 2.28. The molecule has 0 spiro atoms. The Kier molecular flexibility index (Phi) is 4.77. The minimum Gasteiger partial charge on any atom is -0.394 e. The van der Waals surface area contributed by atoms with Crippen LogP contribution in [0.5, 0.6) is 0 Å². The normalized spacial score (nSPS) is 16.6. The highest BCUT2D eigenvalue weighted by Gasteiger charge is 2.30. The highest BCUT2D eigenvalue weighted by molar-refractivity contribution is 5.92. The van der Waals surface area contributed by atoms with Gasteiger partial charge in [0.25, 0.3) is 5.91 Å². The first-order valence-electron chi connectivity index (χ1n) is 7.23. The van der Waals surface area contributed by atoms with Gasteiger partial charge in [0.1, 0.15) is 5.69 Å².